The summed E-state index contributed by atoms with van der Waals surface area (Å²) in [7, 11) is 0. The Balaban J connectivity index is 1.27. The van der Waals surface area contributed by atoms with Gasteiger partial charge in [0.15, 0.2) is 17.3 Å². The standard InChI is InChI=1S/C21H23N3O4/c1-15(25)17-3-5-18(6-4-17)22-21(26)24-10-8-23(9-11-24)13-16-2-7-19-20(12-16)28-14-27-19/h2-7,12H,8-11,13-14H2,1H3,(H,22,26). The maximum atomic E-state index is 12.5. The van der Waals surface area contributed by atoms with Crippen molar-refractivity contribution in [1.82, 2.24) is 9.80 Å². The Morgan fingerprint density at radius 1 is 0.964 bits per heavy atom. The van der Waals surface area contributed by atoms with Crippen LogP contribution < -0.4 is 14.8 Å². The number of piperazine rings is 1. The van der Waals surface area contributed by atoms with Gasteiger partial charge < -0.3 is 19.7 Å². The molecule has 4 rings (SSSR count). The molecule has 0 atom stereocenters. The van der Waals surface area contributed by atoms with Gasteiger partial charge in [0.05, 0.1) is 0 Å². The Kier molecular flexibility index (Phi) is 5.16. The van der Waals surface area contributed by atoms with Crippen LogP contribution in [0, 0.1) is 0 Å². The number of Topliss-reactive ketones (excluding diaryl/α,β-unsaturated/α-hetero) is 1. The molecule has 0 unspecified atom stereocenters. The van der Waals surface area contributed by atoms with Crippen molar-refractivity contribution in [3.8, 4) is 11.5 Å². The summed E-state index contributed by atoms with van der Waals surface area (Å²) in [5.41, 5.74) is 2.50. The molecule has 1 N–H and O–H groups in total. The predicted octanol–water partition coefficient (Wildman–Crippen LogP) is 2.97. The van der Waals surface area contributed by atoms with Gasteiger partial charge in [-0.05, 0) is 48.9 Å². The topological polar surface area (TPSA) is 71.1 Å². The van der Waals surface area contributed by atoms with E-state index in [1.54, 1.807) is 24.3 Å². The lowest BCUT2D eigenvalue weighted by Gasteiger charge is -2.34. The van der Waals surface area contributed by atoms with E-state index >= 15 is 0 Å². The first-order chi connectivity index (χ1) is 13.6. The van der Waals surface area contributed by atoms with Gasteiger partial charge >= 0.3 is 6.03 Å². The van der Waals surface area contributed by atoms with E-state index in [2.05, 4.69) is 16.3 Å². The van der Waals surface area contributed by atoms with Crippen LogP contribution in [0.25, 0.3) is 0 Å². The molecule has 2 amide bonds. The van der Waals surface area contributed by atoms with Crippen LogP contribution in [0.3, 0.4) is 0 Å². The van der Waals surface area contributed by atoms with E-state index in [9.17, 15) is 9.59 Å². The SMILES string of the molecule is CC(=O)c1ccc(NC(=O)N2CCN(Cc3ccc4c(c3)OCO4)CC2)cc1. The first kappa shape index (κ1) is 18.3. The molecular weight excluding hydrogens is 358 g/mol. The molecule has 0 aromatic heterocycles. The van der Waals surface area contributed by atoms with Crippen LogP contribution >= 0.6 is 0 Å². The van der Waals surface area contributed by atoms with E-state index in [1.807, 2.05) is 17.0 Å². The Hall–Kier alpha value is -3.06. The largest absolute Gasteiger partial charge is 0.454 e. The molecule has 7 heteroatoms. The molecule has 7 nitrogen and oxygen atoms in total. The summed E-state index contributed by atoms with van der Waals surface area (Å²) < 4.78 is 10.8. The number of ketones is 1. The Labute approximate surface area is 163 Å². The second kappa shape index (κ2) is 7.90. The molecule has 2 aliphatic heterocycles. The number of anilines is 1. The van der Waals surface area contributed by atoms with Crippen LogP contribution in [-0.4, -0.2) is 54.6 Å². The highest BCUT2D eigenvalue weighted by Gasteiger charge is 2.22. The van der Waals surface area contributed by atoms with Gasteiger partial charge in [0.25, 0.3) is 0 Å². The summed E-state index contributed by atoms with van der Waals surface area (Å²) in [6.07, 6.45) is 0. The molecule has 28 heavy (non-hydrogen) atoms. The first-order valence-corrected chi connectivity index (χ1v) is 9.36. The second-order valence-corrected chi connectivity index (χ2v) is 7.01. The van der Waals surface area contributed by atoms with E-state index in [0.717, 1.165) is 31.1 Å². The molecule has 2 heterocycles. The highest BCUT2D eigenvalue weighted by molar-refractivity contribution is 5.95. The molecule has 0 saturated carbocycles. The average molecular weight is 381 g/mol. The monoisotopic (exact) mass is 381 g/mol. The second-order valence-electron chi connectivity index (χ2n) is 7.01. The molecule has 2 aliphatic rings. The molecule has 2 aromatic rings. The van der Waals surface area contributed by atoms with Gasteiger partial charge in [-0.15, -0.1) is 0 Å². The number of fused-ring (bicyclic) bond motifs is 1. The zero-order chi connectivity index (χ0) is 19.5. The molecule has 146 valence electrons. The molecule has 0 aliphatic carbocycles. The summed E-state index contributed by atoms with van der Waals surface area (Å²) in [6.45, 7) is 5.58. The molecule has 0 bridgehead atoms. The van der Waals surface area contributed by atoms with Crippen molar-refractivity contribution in [3.63, 3.8) is 0 Å². The fourth-order valence-corrected chi connectivity index (χ4v) is 3.40. The van der Waals surface area contributed by atoms with E-state index < -0.39 is 0 Å². The molecule has 0 radical (unpaired) electrons. The van der Waals surface area contributed by atoms with Crippen LogP contribution in [-0.2, 0) is 6.54 Å². The molecular formula is C21H23N3O4. The highest BCUT2D eigenvalue weighted by atomic mass is 16.7. The van der Waals surface area contributed by atoms with Gasteiger partial charge in [0.2, 0.25) is 6.79 Å². The van der Waals surface area contributed by atoms with Gasteiger partial charge in [0.1, 0.15) is 0 Å². The predicted molar refractivity (Wildman–Crippen MR) is 105 cm³/mol. The van der Waals surface area contributed by atoms with Crippen LogP contribution in [0.1, 0.15) is 22.8 Å². The number of carbonyl (C=O) groups is 2. The van der Waals surface area contributed by atoms with E-state index in [-0.39, 0.29) is 18.6 Å². The minimum atomic E-state index is -0.113. The Morgan fingerprint density at radius 2 is 1.68 bits per heavy atom. The van der Waals surface area contributed by atoms with Crippen LogP contribution in [0.15, 0.2) is 42.5 Å². The third-order valence-electron chi connectivity index (χ3n) is 5.05. The zero-order valence-electron chi connectivity index (χ0n) is 15.8. The van der Waals surface area contributed by atoms with Crippen LogP contribution in [0.4, 0.5) is 10.5 Å². The minimum absolute atomic E-state index is 0.0106. The van der Waals surface area contributed by atoms with Crippen molar-refractivity contribution in [3.05, 3.63) is 53.6 Å². The van der Waals surface area contributed by atoms with Crippen LogP contribution in [0.2, 0.25) is 0 Å². The fraction of sp³-hybridized carbons (Fsp3) is 0.333. The van der Waals surface area contributed by atoms with Gasteiger partial charge in [0, 0.05) is 44.0 Å². The van der Waals surface area contributed by atoms with Crippen LogP contribution in [0.5, 0.6) is 11.5 Å². The number of amides is 2. The lowest BCUT2D eigenvalue weighted by Crippen LogP contribution is -2.49. The number of benzene rings is 2. The number of carbonyl (C=O) groups excluding carboxylic acids is 2. The highest BCUT2D eigenvalue weighted by Crippen LogP contribution is 2.32. The number of rotatable bonds is 4. The summed E-state index contributed by atoms with van der Waals surface area (Å²) in [6, 6.07) is 12.9. The number of ether oxygens (including phenoxy) is 2. The molecule has 0 spiro atoms. The van der Waals surface area contributed by atoms with Gasteiger partial charge in [-0.2, -0.15) is 0 Å². The molecule has 1 fully saturated rings. The van der Waals surface area contributed by atoms with Crippen molar-refractivity contribution in [2.75, 3.05) is 38.3 Å². The number of urea groups is 1. The minimum Gasteiger partial charge on any atom is -0.454 e. The summed E-state index contributed by atoms with van der Waals surface area (Å²) in [5, 5.41) is 2.90. The summed E-state index contributed by atoms with van der Waals surface area (Å²) >= 11 is 0. The first-order valence-electron chi connectivity index (χ1n) is 9.36. The van der Waals surface area contributed by atoms with Gasteiger partial charge in [-0.1, -0.05) is 6.07 Å². The van der Waals surface area contributed by atoms with Crippen molar-refractivity contribution in [2.24, 2.45) is 0 Å². The van der Waals surface area contributed by atoms with Crippen molar-refractivity contribution in [2.45, 2.75) is 13.5 Å². The van der Waals surface area contributed by atoms with Crippen molar-refractivity contribution in [1.29, 1.82) is 0 Å². The Morgan fingerprint density at radius 3 is 2.39 bits per heavy atom. The average Bonchev–Trinajstić information content (AvgIpc) is 3.17. The van der Waals surface area contributed by atoms with E-state index in [0.29, 0.717) is 24.3 Å². The number of hydrogen-bond acceptors (Lipinski definition) is 5. The van der Waals surface area contributed by atoms with Crippen molar-refractivity contribution >= 4 is 17.5 Å². The normalized spacial score (nSPS) is 16.1. The third-order valence-corrected chi connectivity index (χ3v) is 5.05. The maximum Gasteiger partial charge on any atom is 0.321 e. The van der Waals surface area contributed by atoms with Crippen molar-refractivity contribution < 1.29 is 19.1 Å². The maximum absolute atomic E-state index is 12.5. The fourth-order valence-electron chi connectivity index (χ4n) is 3.40. The quantitative estimate of drug-likeness (QED) is 0.825. The number of hydrogen-bond donors (Lipinski definition) is 1. The Bertz CT molecular complexity index is 874. The van der Waals surface area contributed by atoms with E-state index in [1.165, 1.54) is 12.5 Å². The number of nitrogens with one attached hydrogen (secondary N) is 1. The third kappa shape index (κ3) is 4.09. The number of nitrogens with zero attached hydrogens (tertiary/aromatic N) is 2. The molecule has 2 aromatic carbocycles. The smallest absolute Gasteiger partial charge is 0.321 e. The lowest BCUT2D eigenvalue weighted by atomic mass is 10.1. The zero-order valence-corrected chi connectivity index (χ0v) is 15.8. The summed E-state index contributed by atoms with van der Waals surface area (Å²) in [4.78, 5) is 27.9. The van der Waals surface area contributed by atoms with Gasteiger partial charge in [-0.3, -0.25) is 9.69 Å². The summed E-state index contributed by atoms with van der Waals surface area (Å²) in [5.74, 6) is 1.60. The van der Waals surface area contributed by atoms with E-state index in [4.69, 9.17) is 9.47 Å². The van der Waals surface area contributed by atoms with Gasteiger partial charge in [-0.25, -0.2) is 4.79 Å². The lowest BCUT2D eigenvalue weighted by molar-refractivity contribution is 0.101. The molecule has 1 saturated heterocycles.